The van der Waals surface area contributed by atoms with E-state index >= 15 is 0 Å². The highest BCUT2D eigenvalue weighted by molar-refractivity contribution is 5.91. The Morgan fingerprint density at radius 1 is 1.29 bits per heavy atom. The largest absolute Gasteiger partial charge is 0.484 e. The number of carbonyl (C=O) groups excluding carboxylic acids is 1. The molecule has 0 aliphatic heterocycles. The molecule has 0 radical (unpaired) electrons. The van der Waals surface area contributed by atoms with Crippen LogP contribution in [0.3, 0.4) is 0 Å². The topological polar surface area (TPSA) is 64.3 Å². The van der Waals surface area contributed by atoms with Crippen LogP contribution in [-0.4, -0.2) is 12.5 Å². The van der Waals surface area contributed by atoms with Gasteiger partial charge in [-0.1, -0.05) is 18.2 Å². The van der Waals surface area contributed by atoms with Crippen molar-refractivity contribution in [3.63, 3.8) is 0 Å². The molecule has 0 unspecified atom stereocenters. The normalized spacial score (nSPS) is 11.8. The number of rotatable bonds is 5. The number of ether oxygens (including phenoxy) is 1. The number of nitrogens with one attached hydrogen (secondary N) is 1. The van der Waals surface area contributed by atoms with Gasteiger partial charge in [0.2, 0.25) is 0 Å². The van der Waals surface area contributed by atoms with Crippen LogP contribution in [-0.2, 0) is 4.79 Å². The Bertz CT molecular complexity index is 629. The van der Waals surface area contributed by atoms with Crippen molar-refractivity contribution in [2.24, 2.45) is 5.73 Å². The Morgan fingerprint density at radius 3 is 2.76 bits per heavy atom. The van der Waals surface area contributed by atoms with E-state index in [1.165, 1.54) is 18.2 Å². The molecular weight excluding hydrogens is 271 g/mol. The van der Waals surface area contributed by atoms with Crippen LogP contribution in [0.5, 0.6) is 5.75 Å². The average Bonchev–Trinajstić information content (AvgIpc) is 2.45. The highest BCUT2D eigenvalue weighted by Gasteiger charge is 2.06. The summed E-state index contributed by atoms with van der Waals surface area (Å²) in [7, 11) is 0. The van der Waals surface area contributed by atoms with E-state index in [1.54, 1.807) is 18.2 Å². The third-order valence-electron chi connectivity index (χ3n) is 2.86. The van der Waals surface area contributed by atoms with Crippen LogP contribution >= 0.6 is 0 Å². The first kappa shape index (κ1) is 15.0. The summed E-state index contributed by atoms with van der Waals surface area (Å²) in [6.07, 6.45) is 0. The van der Waals surface area contributed by atoms with E-state index in [-0.39, 0.29) is 18.6 Å². The van der Waals surface area contributed by atoms with E-state index in [4.69, 9.17) is 10.5 Å². The number of halogens is 1. The van der Waals surface area contributed by atoms with Crippen molar-refractivity contribution in [2.45, 2.75) is 13.0 Å². The van der Waals surface area contributed by atoms with Crippen LogP contribution < -0.4 is 15.8 Å². The second-order valence-electron chi connectivity index (χ2n) is 4.71. The van der Waals surface area contributed by atoms with Gasteiger partial charge in [0.25, 0.3) is 5.91 Å². The molecule has 0 saturated carbocycles. The minimum atomic E-state index is -0.404. The monoisotopic (exact) mass is 288 g/mol. The summed E-state index contributed by atoms with van der Waals surface area (Å²) in [5, 5.41) is 2.56. The average molecular weight is 288 g/mol. The highest BCUT2D eigenvalue weighted by Crippen LogP contribution is 2.17. The Hall–Kier alpha value is -2.40. The molecule has 2 aromatic rings. The van der Waals surface area contributed by atoms with Gasteiger partial charge in [0.1, 0.15) is 11.6 Å². The molecule has 1 amide bonds. The van der Waals surface area contributed by atoms with Crippen LogP contribution in [0.25, 0.3) is 0 Å². The molecule has 2 aromatic carbocycles. The van der Waals surface area contributed by atoms with Crippen LogP contribution in [0.1, 0.15) is 18.5 Å². The smallest absolute Gasteiger partial charge is 0.262 e. The van der Waals surface area contributed by atoms with Crippen molar-refractivity contribution < 1.29 is 13.9 Å². The fraction of sp³-hybridized carbons (Fsp3) is 0.188. The Kier molecular flexibility index (Phi) is 4.90. The molecule has 21 heavy (non-hydrogen) atoms. The molecule has 0 aliphatic carbocycles. The molecule has 0 saturated heterocycles. The Morgan fingerprint density at radius 2 is 2.05 bits per heavy atom. The van der Waals surface area contributed by atoms with E-state index in [0.717, 1.165) is 5.56 Å². The van der Waals surface area contributed by atoms with Gasteiger partial charge in [0.05, 0.1) is 0 Å². The summed E-state index contributed by atoms with van der Waals surface area (Å²) in [6.45, 7) is 1.72. The van der Waals surface area contributed by atoms with E-state index in [2.05, 4.69) is 5.32 Å². The SMILES string of the molecule is C[C@H](N)c1cccc(OCC(=O)Nc2cccc(F)c2)c1. The van der Waals surface area contributed by atoms with Gasteiger partial charge in [0, 0.05) is 11.7 Å². The van der Waals surface area contributed by atoms with E-state index in [0.29, 0.717) is 11.4 Å². The zero-order valence-electron chi connectivity index (χ0n) is 11.7. The maximum Gasteiger partial charge on any atom is 0.262 e. The number of amides is 1. The van der Waals surface area contributed by atoms with Gasteiger partial charge in [-0.2, -0.15) is 0 Å². The molecule has 0 spiro atoms. The van der Waals surface area contributed by atoms with E-state index in [1.807, 2.05) is 19.1 Å². The molecule has 0 aliphatic rings. The number of benzene rings is 2. The lowest BCUT2D eigenvalue weighted by molar-refractivity contribution is -0.118. The lowest BCUT2D eigenvalue weighted by Crippen LogP contribution is -2.20. The lowest BCUT2D eigenvalue weighted by Gasteiger charge is -2.10. The van der Waals surface area contributed by atoms with Crippen molar-refractivity contribution in [2.75, 3.05) is 11.9 Å². The molecule has 2 rings (SSSR count). The minimum Gasteiger partial charge on any atom is -0.484 e. The predicted octanol–water partition coefficient (Wildman–Crippen LogP) is 2.86. The van der Waals surface area contributed by atoms with Gasteiger partial charge >= 0.3 is 0 Å². The lowest BCUT2D eigenvalue weighted by atomic mass is 10.1. The number of nitrogens with two attached hydrogens (primary N) is 1. The predicted molar refractivity (Wildman–Crippen MR) is 79.6 cm³/mol. The zero-order chi connectivity index (χ0) is 15.2. The zero-order valence-corrected chi connectivity index (χ0v) is 11.7. The molecule has 110 valence electrons. The third kappa shape index (κ3) is 4.57. The maximum absolute atomic E-state index is 13.0. The first-order valence-electron chi connectivity index (χ1n) is 6.58. The summed E-state index contributed by atoms with van der Waals surface area (Å²) in [4.78, 5) is 11.7. The molecule has 5 heteroatoms. The quantitative estimate of drug-likeness (QED) is 0.889. The molecule has 0 bridgehead atoms. The summed E-state index contributed by atoms with van der Waals surface area (Å²) >= 11 is 0. The third-order valence-corrected chi connectivity index (χ3v) is 2.86. The van der Waals surface area contributed by atoms with Crippen molar-refractivity contribution in [1.29, 1.82) is 0 Å². The second-order valence-corrected chi connectivity index (χ2v) is 4.71. The number of hydrogen-bond acceptors (Lipinski definition) is 3. The standard InChI is InChI=1S/C16H17FN2O2/c1-11(18)12-4-2-7-15(8-12)21-10-16(20)19-14-6-3-5-13(17)9-14/h2-9,11H,10,18H2,1H3,(H,19,20)/t11-/m0/s1. The van der Waals surface area contributed by atoms with E-state index in [9.17, 15) is 9.18 Å². The second kappa shape index (κ2) is 6.85. The summed E-state index contributed by atoms with van der Waals surface area (Å²) in [5.41, 5.74) is 7.11. The first-order valence-corrected chi connectivity index (χ1v) is 6.58. The minimum absolute atomic E-state index is 0.102. The maximum atomic E-state index is 13.0. The molecule has 0 fully saturated rings. The summed E-state index contributed by atoms with van der Waals surface area (Å²) in [6, 6.07) is 12.8. The van der Waals surface area contributed by atoms with Gasteiger partial charge in [-0.05, 0) is 42.8 Å². The molecule has 0 aromatic heterocycles. The van der Waals surface area contributed by atoms with Crippen LogP contribution in [0.4, 0.5) is 10.1 Å². The van der Waals surface area contributed by atoms with Gasteiger partial charge in [-0.25, -0.2) is 4.39 Å². The molecule has 0 heterocycles. The Balaban J connectivity index is 1.90. The first-order chi connectivity index (χ1) is 10.0. The fourth-order valence-corrected chi connectivity index (χ4v) is 1.80. The summed E-state index contributed by atoms with van der Waals surface area (Å²) < 4.78 is 18.4. The number of carbonyl (C=O) groups is 1. The highest BCUT2D eigenvalue weighted by atomic mass is 19.1. The van der Waals surface area contributed by atoms with Gasteiger partial charge in [0.15, 0.2) is 6.61 Å². The Labute approximate surface area is 122 Å². The summed E-state index contributed by atoms with van der Waals surface area (Å²) in [5.74, 6) is -0.190. The number of hydrogen-bond donors (Lipinski definition) is 2. The van der Waals surface area contributed by atoms with Crippen molar-refractivity contribution in [1.82, 2.24) is 0 Å². The number of anilines is 1. The van der Waals surface area contributed by atoms with Gasteiger partial charge in [-0.3, -0.25) is 4.79 Å². The molecule has 1 atom stereocenters. The van der Waals surface area contributed by atoms with Crippen LogP contribution in [0, 0.1) is 5.82 Å². The molecular formula is C16H17FN2O2. The van der Waals surface area contributed by atoms with Gasteiger partial charge in [-0.15, -0.1) is 0 Å². The van der Waals surface area contributed by atoms with Crippen molar-refractivity contribution in [3.8, 4) is 5.75 Å². The van der Waals surface area contributed by atoms with Crippen LogP contribution in [0.15, 0.2) is 48.5 Å². The van der Waals surface area contributed by atoms with Gasteiger partial charge < -0.3 is 15.8 Å². The van der Waals surface area contributed by atoms with Crippen molar-refractivity contribution >= 4 is 11.6 Å². The molecule has 4 nitrogen and oxygen atoms in total. The van der Waals surface area contributed by atoms with Crippen molar-refractivity contribution in [3.05, 3.63) is 59.9 Å². The fourth-order valence-electron chi connectivity index (χ4n) is 1.80. The molecule has 3 N–H and O–H groups in total. The van der Waals surface area contributed by atoms with Crippen LogP contribution in [0.2, 0.25) is 0 Å². The van der Waals surface area contributed by atoms with E-state index < -0.39 is 5.82 Å².